The molecule has 0 atom stereocenters. The van der Waals surface area contributed by atoms with Crippen molar-refractivity contribution in [2.45, 2.75) is 12.8 Å². The predicted molar refractivity (Wildman–Crippen MR) is 85.6 cm³/mol. The lowest BCUT2D eigenvalue weighted by Crippen LogP contribution is -1.96. The summed E-state index contributed by atoms with van der Waals surface area (Å²) in [6.07, 6.45) is 3.76. The Morgan fingerprint density at radius 3 is 2.42 bits per heavy atom. The smallest absolute Gasteiger partial charge is 0.186 e. The summed E-state index contributed by atoms with van der Waals surface area (Å²) in [7, 11) is 0. The number of benzene rings is 1. The van der Waals surface area contributed by atoms with Crippen LogP contribution >= 0.6 is 35.1 Å². The van der Waals surface area contributed by atoms with Gasteiger partial charge in [0, 0.05) is 31.9 Å². The highest BCUT2D eigenvalue weighted by Crippen LogP contribution is 2.43. The summed E-state index contributed by atoms with van der Waals surface area (Å²) in [6, 6.07) is 7.62. The molecule has 1 saturated carbocycles. The van der Waals surface area contributed by atoms with E-state index in [0.29, 0.717) is 0 Å². The Morgan fingerprint density at radius 2 is 1.74 bits per heavy atom. The quantitative estimate of drug-likeness (QED) is 0.695. The van der Waals surface area contributed by atoms with Gasteiger partial charge >= 0.3 is 0 Å². The molecular weight excluding hydrogens is 296 g/mol. The van der Waals surface area contributed by atoms with Gasteiger partial charge in [-0.2, -0.15) is 0 Å². The maximum absolute atomic E-state index is 12.4. The number of thioether (sulfide) groups is 2. The maximum Gasteiger partial charge on any atom is 0.186 e. The lowest BCUT2D eigenvalue weighted by Gasteiger charge is -2.00. The van der Waals surface area contributed by atoms with E-state index in [9.17, 15) is 4.79 Å². The highest BCUT2D eigenvalue weighted by molar-refractivity contribution is 8.25. The molecule has 3 rings (SSSR count). The Hall–Kier alpha value is -0.640. The molecule has 1 aromatic rings. The fourth-order valence-electron chi connectivity index (χ4n) is 2.26. The van der Waals surface area contributed by atoms with Crippen LogP contribution in [0.5, 0.6) is 0 Å². The molecule has 19 heavy (non-hydrogen) atoms. The summed E-state index contributed by atoms with van der Waals surface area (Å²) in [5.41, 5.74) is 3.01. The highest BCUT2D eigenvalue weighted by atomic mass is 35.5. The third-order valence-electron chi connectivity index (χ3n) is 3.22. The van der Waals surface area contributed by atoms with Gasteiger partial charge in [-0.1, -0.05) is 23.7 Å². The average molecular weight is 309 g/mol. The van der Waals surface area contributed by atoms with Crippen LogP contribution in [0.25, 0.3) is 6.08 Å². The summed E-state index contributed by atoms with van der Waals surface area (Å²) < 4.78 is 1.25. The predicted octanol–water partition coefficient (Wildman–Crippen LogP) is 4.78. The van der Waals surface area contributed by atoms with Crippen LogP contribution in [-0.4, -0.2) is 17.3 Å². The Kier molecular flexibility index (Phi) is 4.06. The molecule has 98 valence electrons. The SMILES string of the molecule is O=C1C(=C2SCCS2)CC/C1=C/c1ccc(Cl)cc1. The van der Waals surface area contributed by atoms with E-state index < -0.39 is 0 Å². The topological polar surface area (TPSA) is 17.1 Å². The van der Waals surface area contributed by atoms with E-state index >= 15 is 0 Å². The Bertz CT molecular complexity index is 564. The molecule has 1 saturated heterocycles. The Morgan fingerprint density at radius 1 is 1.05 bits per heavy atom. The van der Waals surface area contributed by atoms with Crippen LogP contribution in [0.3, 0.4) is 0 Å². The first kappa shape index (κ1) is 13.3. The molecule has 0 radical (unpaired) electrons. The minimum absolute atomic E-state index is 0.242. The number of rotatable bonds is 1. The van der Waals surface area contributed by atoms with Crippen LogP contribution < -0.4 is 0 Å². The molecule has 4 heteroatoms. The second-order valence-electron chi connectivity index (χ2n) is 4.51. The maximum atomic E-state index is 12.4. The van der Waals surface area contributed by atoms with Gasteiger partial charge in [-0.25, -0.2) is 0 Å². The third kappa shape index (κ3) is 2.93. The molecular formula is C15H13ClOS2. The van der Waals surface area contributed by atoms with Crippen LogP contribution in [0.1, 0.15) is 18.4 Å². The van der Waals surface area contributed by atoms with Crippen molar-refractivity contribution in [2.24, 2.45) is 0 Å². The first-order chi connectivity index (χ1) is 9.24. The van der Waals surface area contributed by atoms with Gasteiger partial charge in [0.05, 0.1) is 0 Å². The van der Waals surface area contributed by atoms with Gasteiger partial charge in [-0.05, 0) is 36.6 Å². The minimum Gasteiger partial charge on any atom is -0.289 e. The zero-order valence-corrected chi connectivity index (χ0v) is 12.7. The number of hydrogen-bond acceptors (Lipinski definition) is 3. The summed E-state index contributed by atoms with van der Waals surface area (Å²) in [4.78, 5) is 12.4. The van der Waals surface area contributed by atoms with E-state index in [0.717, 1.165) is 46.1 Å². The largest absolute Gasteiger partial charge is 0.289 e. The van der Waals surface area contributed by atoms with Crippen LogP contribution in [0, 0.1) is 0 Å². The summed E-state index contributed by atoms with van der Waals surface area (Å²) in [6.45, 7) is 0. The standard InChI is InChI=1S/C15H13ClOS2/c16-12-4-1-10(2-5-12)9-11-3-6-13(14(11)17)15-18-7-8-19-15/h1-2,4-5,9H,3,6-8H2/b11-9-. The lowest BCUT2D eigenvalue weighted by atomic mass is 10.1. The zero-order valence-electron chi connectivity index (χ0n) is 10.3. The summed E-state index contributed by atoms with van der Waals surface area (Å²) in [5.74, 6) is 2.51. The van der Waals surface area contributed by atoms with Crippen molar-refractivity contribution >= 4 is 47.0 Å². The summed E-state index contributed by atoms with van der Waals surface area (Å²) in [5, 5.41) is 0.724. The first-order valence-electron chi connectivity index (χ1n) is 6.23. The van der Waals surface area contributed by atoms with Gasteiger partial charge in [0.1, 0.15) is 0 Å². The number of allylic oxidation sites excluding steroid dienone is 2. The number of ketones is 1. The number of hydrogen-bond donors (Lipinski definition) is 0. The van der Waals surface area contributed by atoms with E-state index in [-0.39, 0.29) is 5.78 Å². The monoisotopic (exact) mass is 308 g/mol. The normalized spacial score (nSPS) is 21.7. The highest BCUT2D eigenvalue weighted by Gasteiger charge is 2.28. The minimum atomic E-state index is 0.242. The van der Waals surface area contributed by atoms with E-state index in [2.05, 4.69) is 0 Å². The molecule has 1 heterocycles. The van der Waals surface area contributed by atoms with Gasteiger partial charge in [0.25, 0.3) is 0 Å². The van der Waals surface area contributed by atoms with Crippen molar-refractivity contribution in [3.63, 3.8) is 0 Å². The molecule has 0 spiro atoms. The van der Waals surface area contributed by atoms with Crippen molar-refractivity contribution in [3.05, 3.63) is 50.2 Å². The number of halogens is 1. The van der Waals surface area contributed by atoms with Gasteiger partial charge in [0.2, 0.25) is 0 Å². The fraction of sp³-hybridized carbons (Fsp3) is 0.267. The second kappa shape index (κ2) is 5.78. The molecule has 1 nitrogen and oxygen atoms in total. The summed E-state index contributed by atoms with van der Waals surface area (Å²) >= 11 is 9.53. The molecule has 0 unspecified atom stereocenters. The molecule has 2 aliphatic rings. The third-order valence-corrected chi connectivity index (χ3v) is 6.27. The van der Waals surface area contributed by atoms with Crippen molar-refractivity contribution < 1.29 is 4.79 Å². The Labute approximate surface area is 126 Å². The van der Waals surface area contributed by atoms with Crippen molar-refractivity contribution in [2.75, 3.05) is 11.5 Å². The molecule has 1 aliphatic heterocycles. The molecule has 1 aliphatic carbocycles. The zero-order chi connectivity index (χ0) is 13.2. The van der Waals surface area contributed by atoms with Crippen LogP contribution in [0.2, 0.25) is 5.02 Å². The van der Waals surface area contributed by atoms with Crippen LogP contribution in [-0.2, 0) is 4.79 Å². The second-order valence-corrected chi connectivity index (χ2v) is 7.42. The van der Waals surface area contributed by atoms with E-state index in [1.165, 1.54) is 4.24 Å². The van der Waals surface area contributed by atoms with Gasteiger partial charge in [0.15, 0.2) is 5.78 Å². The van der Waals surface area contributed by atoms with Gasteiger partial charge in [-0.15, -0.1) is 23.5 Å². The number of Topliss-reactive ketones (excluding diaryl/α,β-unsaturated/α-hetero) is 1. The lowest BCUT2D eigenvalue weighted by molar-refractivity contribution is -0.111. The van der Waals surface area contributed by atoms with Crippen LogP contribution in [0.4, 0.5) is 0 Å². The molecule has 0 aromatic heterocycles. The molecule has 0 amide bonds. The van der Waals surface area contributed by atoms with Gasteiger partial charge < -0.3 is 0 Å². The van der Waals surface area contributed by atoms with Crippen molar-refractivity contribution in [1.82, 2.24) is 0 Å². The van der Waals surface area contributed by atoms with E-state index in [1.807, 2.05) is 53.9 Å². The van der Waals surface area contributed by atoms with Gasteiger partial charge in [-0.3, -0.25) is 4.79 Å². The van der Waals surface area contributed by atoms with Crippen LogP contribution in [0.15, 0.2) is 39.6 Å². The number of carbonyl (C=O) groups is 1. The number of carbonyl (C=O) groups excluding carboxylic acids is 1. The van der Waals surface area contributed by atoms with Crippen molar-refractivity contribution in [1.29, 1.82) is 0 Å². The van der Waals surface area contributed by atoms with Crippen molar-refractivity contribution in [3.8, 4) is 0 Å². The first-order valence-corrected chi connectivity index (χ1v) is 8.58. The van der Waals surface area contributed by atoms with E-state index in [4.69, 9.17) is 11.6 Å². The Balaban J connectivity index is 1.85. The fourth-order valence-corrected chi connectivity index (χ4v) is 4.99. The molecule has 0 bridgehead atoms. The van der Waals surface area contributed by atoms with E-state index in [1.54, 1.807) is 0 Å². The molecule has 2 fully saturated rings. The molecule has 0 N–H and O–H groups in total. The molecule has 1 aromatic carbocycles. The average Bonchev–Trinajstić information content (AvgIpc) is 3.03.